The zero-order chi connectivity index (χ0) is 9.30. The molecule has 0 aromatic heterocycles. The lowest BCUT2D eigenvalue weighted by molar-refractivity contribution is -0.459. The van der Waals surface area contributed by atoms with Crippen LogP contribution in [0.3, 0.4) is 0 Å². The van der Waals surface area contributed by atoms with Crippen LogP contribution in [0, 0.1) is 0 Å². The summed E-state index contributed by atoms with van der Waals surface area (Å²) in [5.74, 6) is 0. The second-order valence-corrected chi connectivity index (χ2v) is 4.48. The molecule has 0 bridgehead atoms. The SMILES string of the molecule is CO[C@@H]1O[C@@H](C)[C@H](O)[C@H]([NH3+])[C@H]1I. The Morgan fingerprint density at radius 2 is 2.17 bits per heavy atom. The number of aliphatic hydroxyl groups is 1. The van der Waals surface area contributed by atoms with E-state index in [1.165, 1.54) is 0 Å². The molecule has 1 fully saturated rings. The normalized spacial score (nSPS) is 49.2. The molecule has 1 rings (SSSR count). The van der Waals surface area contributed by atoms with E-state index in [2.05, 4.69) is 28.3 Å². The molecule has 0 aromatic carbocycles. The van der Waals surface area contributed by atoms with Gasteiger partial charge in [0.15, 0.2) is 6.29 Å². The predicted octanol–water partition coefficient (Wildman–Crippen LogP) is -0.847. The van der Waals surface area contributed by atoms with Crippen LogP contribution in [0.4, 0.5) is 0 Å². The highest BCUT2D eigenvalue weighted by Crippen LogP contribution is 2.24. The highest BCUT2D eigenvalue weighted by Gasteiger charge is 2.42. The second kappa shape index (κ2) is 4.19. The van der Waals surface area contributed by atoms with E-state index in [-0.39, 0.29) is 22.4 Å². The van der Waals surface area contributed by atoms with Crippen molar-refractivity contribution in [3.63, 3.8) is 0 Å². The van der Waals surface area contributed by atoms with Crippen molar-refractivity contribution in [3.05, 3.63) is 0 Å². The molecule has 12 heavy (non-hydrogen) atoms. The monoisotopic (exact) mass is 288 g/mol. The third-order valence-corrected chi connectivity index (χ3v) is 3.68. The largest absolute Gasteiger partial charge is 0.384 e. The van der Waals surface area contributed by atoms with Crippen molar-refractivity contribution in [2.45, 2.75) is 35.4 Å². The molecule has 0 aliphatic carbocycles. The molecule has 0 radical (unpaired) electrons. The van der Waals surface area contributed by atoms with E-state index >= 15 is 0 Å². The van der Waals surface area contributed by atoms with Crippen LogP contribution in [0.1, 0.15) is 6.92 Å². The maximum Gasteiger partial charge on any atom is 0.175 e. The molecular weight excluding hydrogens is 273 g/mol. The lowest BCUT2D eigenvalue weighted by Gasteiger charge is -2.37. The summed E-state index contributed by atoms with van der Waals surface area (Å²) < 4.78 is 10.6. The minimum atomic E-state index is -0.488. The van der Waals surface area contributed by atoms with Gasteiger partial charge in [0, 0.05) is 7.11 Å². The topological polar surface area (TPSA) is 66.3 Å². The Bertz CT molecular complexity index is 153. The molecule has 4 nitrogen and oxygen atoms in total. The predicted molar refractivity (Wildman–Crippen MR) is 51.8 cm³/mol. The number of halogens is 1. The Labute approximate surface area is 85.5 Å². The van der Waals surface area contributed by atoms with Gasteiger partial charge in [-0.2, -0.15) is 0 Å². The quantitative estimate of drug-likeness (QED) is 0.488. The average Bonchev–Trinajstić information content (AvgIpc) is 2.08. The summed E-state index contributed by atoms with van der Waals surface area (Å²) in [6.07, 6.45) is -0.923. The van der Waals surface area contributed by atoms with Gasteiger partial charge < -0.3 is 20.3 Å². The molecule has 1 heterocycles. The molecule has 0 spiro atoms. The first-order chi connectivity index (χ1) is 5.57. The molecule has 0 saturated carbocycles. The molecular formula is C7H15INO3+. The first kappa shape index (κ1) is 10.6. The van der Waals surface area contributed by atoms with Crippen molar-refractivity contribution >= 4 is 22.6 Å². The van der Waals surface area contributed by atoms with Crippen LogP contribution in [0.2, 0.25) is 0 Å². The summed E-state index contributed by atoms with van der Waals surface area (Å²) in [6, 6.07) is -0.0284. The first-order valence-electron chi connectivity index (χ1n) is 3.91. The van der Waals surface area contributed by atoms with Gasteiger partial charge in [0.2, 0.25) is 0 Å². The van der Waals surface area contributed by atoms with Crippen LogP contribution in [-0.4, -0.2) is 40.7 Å². The van der Waals surface area contributed by atoms with Gasteiger partial charge in [0.05, 0.1) is 6.10 Å². The van der Waals surface area contributed by atoms with Crippen molar-refractivity contribution in [2.75, 3.05) is 7.11 Å². The molecule has 72 valence electrons. The van der Waals surface area contributed by atoms with E-state index in [9.17, 15) is 5.11 Å². The average molecular weight is 288 g/mol. The minimum Gasteiger partial charge on any atom is -0.384 e. The third-order valence-electron chi connectivity index (χ3n) is 2.17. The van der Waals surface area contributed by atoms with Crippen LogP contribution in [0.25, 0.3) is 0 Å². The number of rotatable bonds is 1. The van der Waals surface area contributed by atoms with Gasteiger partial charge in [-0.15, -0.1) is 0 Å². The zero-order valence-corrected chi connectivity index (χ0v) is 9.39. The maximum absolute atomic E-state index is 9.58. The van der Waals surface area contributed by atoms with Crippen LogP contribution in [0.15, 0.2) is 0 Å². The van der Waals surface area contributed by atoms with Crippen molar-refractivity contribution in [3.8, 4) is 0 Å². The Hall–Kier alpha value is 0.570. The van der Waals surface area contributed by atoms with E-state index in [0.717, 1.165) is 0 Å². The lowest BCUT2D eigenvalue weighted by Crippen LogP contribution is -2.76. The van der Waals surface area contributed by atoms with Gasteiger partial charge >= 0.3 is 0 Å². The number of quaternary nitrogens is 1. The second-order valence-electron chi connectivity index (χ2n) is 3.04. The maximum atomic E-state index is 9.58. The Kier molecular flexibility index (Phi) is 3.72. The first-order valence-corrected chi connectivity index (χ1v) is 5.16. The third kappa shape index (κ3) is 1.90. The lowest BCUT2D eigenvalue weighted by atomic mass is 10.0. The van der Waals surface area contributed by atoms with Gasteiger partial charge in [-0.25, -0.2) is 0 Å². The number of methoxy groups -OCH3 is 1. The van der Waals surface area contributed by atoms with Gasteiger partial charge in [-0.1, -0.05) is 22.6 Å². The molecule has 5 heteroatoms. The highest BCUT2D eigenvalue weighted by molar-refractivity contribution is 14.1. The zero-order valence-electron chi connectivity index (χ0n) is 7.24. The number of aliphatic hydroxyl groups excluding tert-OH is 1. The number of alkyl halides is 1. The number of hydrogen-bond acceptors (Lipinski definition) is 3. The van der Waals surface area contributed by atoms with Crippen LogP contribution in [-0.2, 0) is 9.47 Å². The summed E-state index contributed by atoms with van der Waals surface area (Å²) in [6.45, 7) is 1.83. The van der Waals surface area contributed by atoms with Crippen molar-refractivity contribution < 1.29 is 20.3 Å². The number of ether oxygens (including phenoxy) is 2. The summed E-state index contributed by atoms with van der Waals surface area (Å²) in [7, 11) is 1.60. The van der Waals surface area contributed by atoms with Gasteiger partial charge in [-0.05, 0) is 6.92 Å². The van der Waals surface area contributed by atoms with E-state index < -0.39 is 6.10 Å². The van der Waals surface area contributed by atoms with Crippen molar-refractivity contribution in [1.29, 1.82) is 0 Å². The van der Waals surface area contributed by atoms with E-state index in [0.29, 0.717) is 0 Å². The summed E-state index contributed by atoms with van der Waals surface area (Å²) in [5.41, 5.74) is 3.89. The molecule has 0 amide bonds. The molecule has 1 aliphatic rings. The number of hydrogen-bond donors (Lipinski definition) is 2. The standard InChI is InChI=1S/C7H14INO3/c1-3-6(10)5(9)4(8)7(11-2)12-3/h3-7,10H,9H2,1-2H3/p+1/t3-,4+,5+,6-,7+/m0/s1. The molecule has 1 saturated heterocycles. The molecule has 1 aliphatic heterocycles. The van der Waals surface area contributed by atoms with Crippen molar-refractivity contribution in [1.82, 2.24) is 0 Å². The molecule has 0 aromatic rings. The van der Waals surface area contributed by atoms with Crippen LogP contribution in [0.5, 0.6) is 0 Å². The van der Waals surface area contributed by atoms with Gasteiger partial charge in [0.1, 0.15) is 16.1 Å². The molecule has 5 atom stereocenters. The van der Waals surface area contributed by atoms with Crippen LogP contribution < -0.4 is 5.73 Å². The summed E-state index contributed by atoms with van der Waals surface area (Å²) in [5, 5.41) is 9.58. The Balaban J connectivity index is 2.63. The Morgan fingerprint density at radius 3 is 2.67 bits per heavy atom. The fraction of sp³-hybridized carbons (Fsp3) is 1.00. The molecule has 0 unspecified atom stereocenters. The van der Waals surface area contributed by atoms with Gasteiger partial charge in [-0.3, -0.25) is 0 Å². The molecule has 4 N–H and O–H groups in total. The summed E-state index contributed by atoms with van der Waals surface area (Å²) in [4.78, 5) is 0. The summed E-state index contributed by atoms with van der Waals surface area (Å²) >= 11 is 2.20. The van der Waals surface area contributed by atoms with Crippen LogP contribution >= 0.6 is 22.6 Å². The fourth-order valence-electron chi connectivity index (χ4n) is 1.29. The smallest absolute Gasteiger partial charge is 0.175 e. The van der Waals surface area contributed by atoms with E-state index in [1.807, 2.05) is 6.92 Å². The fourth-order valence-corrected chi connectivity index (χ4v) is 2.18. The van der Waals surface area contributed by atoms with E-state index in [1.54, 1.807) is 7.11 Å². The minimum absolute atomic E-state index is 0.0284. The van der Waals surface area contributed by atoms with Crippen molar-refractivity contribution in [2.24, 2.45) is 0 Å². The van der Waals surface area contributed by atoms with E-state index in [4.69, 9.17) is 9.47 Å². The Morgan fingerprint density at radius 1 is 1.58 bits per heavy atom. The van der Waals surface area contributed by atoms with Gasteiger partial charge in [0.25, 0.3) is 0 Å². The highest BCUT2D eigenvalue weighted by atomic mass is 127.